The summed E-state index contributed by atoms with van der Waals surface area (Å²) in [4.78, 5) is 0. The molecule has 0 saturated carbocycles. The predicted octanol–water partition coefficient (Wildman–Crippen LogP) is 5.66. The predicted molar refractivity (Wildman–Crippen MR) is 102 cm³/mol. The summed E-state index contributed by atoms with van der Waals surface area (Å²) < 4.78 is 39.6. The molecule has 26 heavy (non-hydrogen) atoms. The van der Waals surface area contributed by atoms with Crippen molar-refractivity contribution in [2.75, 3.05) is 0 Å². The molecule has 142 valence electrons. The Morgan fingerprint density at radius 1 is 0.923 bits per heavy atom. The number of benzene rings is 2. The third-order valence-corrected chi connectivity index (χ3v) is 6.10. The van der Waals surface area contributed by atoms with Crippen LogP contribution in [0.5, 0.6) is 0 Å². The highest BCUT2D eigenvalue weighted by Crippen LogP contribution is 2.61. The molecule has 0 unspecified atom stereocenters. The van der Waals surface area contributed by atoms with Gasteiger partial charge in [0, 0.05) is 12.1 Å². The van der Waals surface area contributed by atoms with Gasteiger partial charge in [-0.15, -0.1) is 0 Å². The van der Waals surface area contributed by atoms with Crippen molar-refractivity contribution in [2.24, 2.45) is 0 Å². The van der Waals surface area contributed by atoms with Crippen LogP contribution in [0.15, 0.2) is 54.6 Å². The first-order valence-corrected chi connectivity index (χ1v) is 10.4. The summed E-state index contributed by atoms with van der Waals surface area (Å²) in [6.45, 7) is 7.54. The Morgan fingerprint density at radius 2 is 1.46 bits per heavy atom. The smallest absolute Gasteiger partial charge is 0.304 e. The summed E-state index contributed by atoms with van der Waals surface area (Å²) in [6, 6.07) is 15.9. The van der Waals surface area contributed by atoms with Crippen molar-refractivity contribution in [3.8, 4) is 0 Å². The minimum Gasteiger partial charge on any atom is -0.304 e. The molecule has 1 atom stereocenters. The van der Waals surface area contributed by atoms with Crippen LogP contribution in [0.2, 0.25) is 0 Å². The second-order valence-corrected chi connectivity index (χ2v) is 8.66. The lowest BCUT2D eigenvalue weighted by Gasteiger charge is -2.31. The maximum Gasteiger partial charge on any atom is 0.352 e. The van der Waals surface area contributed by atoms with Crippen LogP contribution in [0, 0.1) is 5.82 Å². The van der Waals surface area contributed by atoms with Gasteiger partial charge in [-0.2, -0.15) is 0 Å². The number of hydrogen-bond donors (Lipinski definition) is 1. The van der Waals surface area contributed by atoms with Crippen LogP contribution in [-0.2, 0) is 20.2 Å². The van der Waals surface area contributed by atoms with Crippen LogP contribution in [0.25, 0.3) is 0 Å². The van der Waals surface area contributed by atoms with Gasteiger partial charge < -0.3 is 9.05 Å². The van der Waals surface area contributed by atoms with Crippen molar-refractivity contribution in [1.82, 2.24) is 5.32 Å². The van der Waals surface area contributed by atoms with Gasteiger partial charge in [0.25, 0.3) is 0 Å². The highest BCUT2D eigenvalue weighted by Gasteiger charge is 2.40. The lowest BCUT2D eigenvalue weighted by atomic mass is 10.2. The molecule has 1 N–H and O–H groups in total. The van der Waals surface area contributed by atoms with Crippen molar-refractivity contribution in [3.63, 3.8) is 0 Å². The molecule has 0 heterocycles. The zero-order valence-corrected chi connectivity index (χ0v) is 16.6. The molecule has 0 spiro atoms. The normalized spacial score (nSPS) is 13.3. The SMILES string of the molecule is CC(C)OP(=O)(OC(C)C)[C@H](NCc1ccccc1)c1ccccc1F. The zero-order valence-electron chi connectivity index (χ0n) is 15.7. The van der Waals surface area contributed by atoms with Gasteiger partial charge >= 0.3 is 7.60 Å². The molecule has 2 rings (SSSR count). The van der Waals surface area contributed by atoms with Crippen molar-refractivity contribution in [1.29, 1.82) is 0 Å². The monoisotopic (exact) mass is 379 g/mol. The average molecular weight is 379 g/mol. The largest absolute Gasteiger partial charge is 0.352 e. The molecule has 2 aromatic carbocycles. The number of halogens is 1. The fourth-order valence-electron chi connectivity index (χ4n) is 2.63. The molecule has 0 radical (unpaired) electrons. The van der Waals surface area contributed by atoms with Gasteiger partial charge in [-0.1, -0.05) is 48.5 Å². The molecular formula is C20H27FNO3P. The van der Waals surface area contributed by atoms with Crippen LogP contribution >= 0.6 is 7.60 Å². The quantitative estimate of drug-likeness (QED) is 0.571. The fourth-order valence-corrected chi connectivity index (χ4v) is 4.97. The molecular weight excluding hydrogens is 352 g/mol. The minimum atomic E-state index is -3.68. The van der Waals surface area contributed by atoms with Gasteiger partial charge in [0.05, 0.1) is 12.2 Å². The lowest BCUT2D eigenvalue weighted by Crippen LogP contribution is -2.26. The Labute approximate surface area is 155 Å². The van der Waals surface area contributed by atoms with Crippen molar-refractivity contribution in [3.05, 3.63) is 71.5 Å². The van der Waals surface area contributed by atoms with E-state index in [4.69, 9.17) is 9.05 Å². The van der Waals surface area contributed by atoms with Crippen molar-refractivity contribution >= 4 is 7.60 Å². The number of rotatable bonds is 9. The molecule has 4 nitrogen and oxygen atoms in total. The van der Waals surface area contributed by atoms with E-state index in [2.05, 4.69) is 5.32 Å². The van der Waals surface area contributed by atoms with Crippen LogP contribution in [0.3, 0.4) is 0 Å². The maximum atomic E-state index is 14.5. The summed E-state index contributed by atoms with van der Waals surface area (Å²) in [6.07, 6.45) is -0.653. The van der Waals surface area contributed by atoms with Crippen LogP contribution in [0.4, 0.5) is 4.39 Å². The summed E-state index contributed by atoms with van der Waals surface area (Å²) >= 11 is 0. The Balaban J connectivity index is 2.40. The van der Waals surface area contributed by atoms with Gasteiger partial charge in [0.2, 0.25) is 0 Å². The van der Waals surface area contributed by atoms with Crippen LogP contribution < -0.4 is 5.32 Å². The molecule has 2 aromatic rings. The molecule has 0 saturated heterocycles. The van der Waals surface area contributed by atoms with E-state index in [0.29, 0.717) is 6.54 Å². The molecule has 0 aliphatic carbocycles. The third kappa shape index (κ3) is 5.75. The molecule has 0 amide bonds. The van der Waals surface area contributed by atoms with Crippen molar-refractivity contribution in [2.45, 2.75) is 52.2 Å². The first kappa shape index (κ1) is 20.8. The molecule has 0 fully saturated rings. The summed E-state index contributed by atoms with van der Waals surface area (Å²) in [7, 11) is -3.68. The van der Waals surface area contributed by atoms with Gasteiger partial charge in [0.15, 0.2) is 0 Å². The van der Waals surface area contributed by atoms with E-state index in [1.807, 2.05) is 30.3 Å². The van der Waals surface area contributed by atoms with E-state index in [9.17, 15) is 8.96 Å². The summed E-state index contributed by atoms with van der Waals surface area (Å²) in [5.74, 6) is -1.35. The molecule has 0 bridgehead atoms. The maximum absolute atomic E-state index is 14.5. The zero-order chi connectivity index (χ0) is 19.2. The van der Waals surface area contributed by atoms with E-state index in [-0.39, 0.29) is 17.8 Å². The molecule has 0 aliphatic heterocycles. The number of hydrogen-bond acceptors (Lipinski definition) is 4. The van der Waals surface area contributed by atoms with Gasteiger partial charge in [-0.05, 0) is 39.3 Å². The highest BCUT2D eigenvalue weighted by atomic mass is 31.2. The Kier molecular flexibility index (Phi) is 7.54. The average Bonchev–Trinajstić information content (AvgIpc) is 2.56. The van der Waals surface area contributed by atoms with E-state index >= 15 is 0 Å². The summed E-state index contributed by atoms with van der Waals surface area (Å²) in [5, 5.41) is 3.19. The standard InChI is InChI=1S/C20H27FNO3P/c1-15(2)24-26(23,25-16(3)4)20(18-12-8-9-13-19(18)21)22-14-17-10-6-5-7-11-17/h5-13,15-16,20,22H,14H2,1-4H3/t20-/m0/s1. The second-order valence-electron chi connectivity index (χ2n) is 6.64. The van der Waals surface area contributed by atoms with E-state index < -0.39 is 19.2 Å². The first-order chi connectivity index (χ1) is 12.3. The molecule has 6 heteroatoms. The van der Waals surface area contributed by atoms with Crippen LogP contribution in [0.1, 0.15) is 44.6 Å². The number of nitrogens with one attached hydrogen (secondary N) is 1. The Morgan fingerprint density at radius 3 is 2.00 bits per heavy atom. The van der Waals surface area contributed by atoms with Crippen molar-refractivity contribution < 1.29 is 18.0 Å². The van der Waals surface area contributed by atoms with E-state index in [0.717, 1.165) is 5.56 Å². The van der Waals surface area contributed by atoms with Gasteiger partial charge in [-0.3, -0.25) is 9.88 Å². The minimum absolute atomic E-state index is 0.271. The molecule has 0 aliphatic rings. The second kappa shape index (κ2) is 9.43. The Bertz CT molecular complexity index is 723. The fraction of sp³-hybridized carbons (Fsp3) is 0.400. The Hall–Kier alpha value is -1.52. The lowest BCUT2D eigenvalue weighted by molar-refractivity contribution is 0.133. The third-order valence-electron chi connectivity index (χ3n) is 3.57. The van der Waals surface area contributed by atoms with Crippen LogP contribution in [-0.4, -0.2) is 12.2 Å². The summed E-state index contributed by atoms with van der Waals surface area (Å²) in [5.41, 5.74) is 1.27. The van der Waals surface area contributed by atoms with Gasteiger partial charge in [0.1, 0.15) is 11.6 Å². The molecule has 0 aromatic heterocycles. The first-order valence-electron chi connectivity index (χ1n) is 8.80. The van der Waals surface area contributed by atoms with E-state index in [1.54, 1.807) is 45.9 Å². The highest BCUT2D eigenvalue weighted by molar-refractivity contribution is 7.54. The van der Waals surface area contributed by atoms with E-state index in [1.165, 1.54) is 6.07 Å². The van der Waals surface area contributed by atoms with Gasteiger partial charge in [-0.25, -0.2) is 4.39 Å². The topological polar surface area (TPSA) is 47.6 Å².